The summed E-state index contributed by atoms with van der Waals surface area (Å²) in [4.78, 5) is 12.5. The average Bonchev–Trinajstić information content (AvgIpc) is 2.77. The van der Waals surface area contributed by atoms with E-state index in [2.05, 4.69) is 12.2 Å². The van der Waals surface area contributed by atoms with Crippen LogP contribution in [0.5, 0.6) is 17.2 Å². The topological polar surface area (TPSA) is 80.6 Å². The molecule has 0 saturated heterocycles. The summed E-state index contributed by atoms with van der Waals surface area (Å²) in [6.45, 7) is 2.78. The van der Waals surface area contributed by atoms with E-state index in [1.807, 2.05) is 6.07 Å². The molecule has 31 heavy (non-hydrogen) atoms. The second-order valence-corrected chi connectivity index (χ2v) is 7.20. The van der Waals surface area contributed by atoms with Gasteiger partial charge in [0, 0.05) is 5.69 Å². The number of nitrogens with zero attached hydrogens (tertiary/aromatic N) is 1. The van der Waals surface area contributed by atoms with Crippen LogP contribution in [0.1, 0.15) is 38.2 Å². The Kier molecular flexibility index (Phi) is 9.73. The molecule has 0 aliphatic heterocycles. The predicted molar refractivity (Wildman–Crippen MR) is 123 cm³/mol. The maximum Gasteiger partial charge on any atom is 0.266 e. The number of carbonyl (C=O) groups excluding carboxylic acids is 1. The molecule has 2 aromatic rings. The molecule has 1 amide bonds. The van der Waals surface area contributed by atoms with E-state index in [0.717, 1.165) is 12.8 Å². The van der Waals surface area contributed by atoms with E-state index >= 15 is 0 Å². The molecule has 0 heterocycles. The molecule has 0 aliphatic carbocycles. The van der Waals surface area contributed by atoms with Gasteiger partial charge in [0.2, 0.25) is 0 Å². The highest BCUT2D eigenvalue weighted by molar-refractivity contribution is 6.32. The lowest BCUT2D eigenvalue weighted by Crippen LogP contribution is -2.13. The van der Waals surface area contributed by atoms with E-state index < -0.39 is 5.91 Å². The fourth-order valence-corrected chi connectivity index (χ4v) is 3.12. The first-order valence-electron chi connectivity index (χ1n) is 10.1. The van der Waals surface area contributed by atoms with Crippen LogP contribution in [0, 0.1) is 11.3 Å². The van der Waals surface area contributed by atoms with E-state index in [9.17, 15) is 10.1 Å². The summed E-state index contributed by atoms with van der Waals surface area (Å²) in [5, 5.41) is 12.5. The maximum absolute atomic E-state index is 12.5. The smallest absolute Gasteiger partial charge is 0.266 e. The molecule has 164 valence electrons. The van der Waals surface area contributed by atoms with E-state index in [1.165, 1.54) is 26.0 Å². The van der Waals surface area contributed by atoms with Crippen LogP contribution < -0.4 is 19.5 Å². The maximum atomic E-state index is 12.5. The number of nitriles is 1. The number of benzene rings is 2. The number of unbranched alkanes of at least 4 members (excludes halogenated alkanes) is 3. The summed E-state index contributed by atoms with van der Waals surface area (Å²) >= 11 is 6.08. The molecule has 0 aliphatic rings. The molecule has 1 N–H and O–H groups in total. The van der Waals surface area contributed by atoms with Crippen LogP contribution in [0.25, 0.3) is 6.08 Å². The SMILES string of the molecule is CCCCCCOc1ccc(C=C(C#N)C(=O)Nc2ccc(OC)c(Cl)c2)cc1OC. The van der Waals surface area contributed by atoms with Crippen LogP contribution in [0.2, 0.25) is 5.02 Å². The first-order chi connectivity index (χ1) is 15.0. The van der Waals surface area contributed by atoms with Gasteiger partial charge < -0.3 is 19.5 Å². The van der Waals surface area contributed by atoms with Gasteiger partial charge in [-0.3, -0.25) is 4.79 Å². The van der Waals surface area contributed by atoms with Gasteiger partial charge in [0.15, 0.2) is 11.5 Å². The van der Waals surface area contributed by atoms with E-state index in [0.29, 0.717) is 40.1 Å². The lowest BCUT2D eigenvalue weighted by molar-refractivity contribution is -0.112. The Bertz CT molecular complexity index is 967. The molecule has 0 bridgehead atoms. The third kappa shape index (κ3) is 7.23. The molecule has 0 spiro atoms. The number of ether oxygens (including phenoxy) is 3. The minimum atomic E-state index is -0.543. The first-order valence-corrected chi connectivity index (χ1v) is 10.5. The van der Waals surface area contributed by atoms with Crippen molar-refractivity contribution in [2.45, 2.75) is 32.6 Å². The summed E-state index contributed by atoms with van der Waals surface area (Å²) in [7, 11) is 3.06. The highest BCUT2D eigenvalue weighted by Crippen LogP contribution is 2.30. The predicted octanol–water partition coefficient (Wildman–Crippen LogP) is 5.86. The molecule has 0 atom stereocenters. The normalized spacial score (nSPS) is 10.9. The van der Waals surface area contributed by atoms with Gasteiger partial charge in [0.05, 0.1) is 25.8 Å². The van der Waals surface area contributed by atoms with Crippen molar-refractivity contribution in [3.63, 3.8) is 0 Å². The second-order valence-electron chi connectivity index (χ2n) is 6.79. The summed E-state index contributed by atoms with van der Waals surface area (Å²) < 4.78 is 16.3. The summed E-state index contributed by atoms with van der Waals surface area (Å²) in [6, 6.07) is 12.1. The zero-order chi connectivity index (χ0) is 22.6. The van der Waals surface area contributed by atoms with Gasteiger partial charge >= 0.3 is 0 Å². The number of rotatable bonds is 11. The van der Waals surface area contributed by atoms with Crippen molar-refractivity contribution in [2.24, 2.45) is 0 Å². The Morgan fingerprint density at radius 1 is 1.06 bits per heavy atom. The molecule has 6 nitrogen and oxygen atoms in total. The Hall–Kier alpha value is -3.17. The highest BCUT2D eigenvalue weighted by atomic mass is 35.5. The number of nitrogens with one attached hydrogen (secondary N) is 1. The van der Waals surface area contributed by atoms with E-state index in [4.69, 9.17) is 25.8 Å². The van der Waals surface area contributed by atoms with Crippen molar-refractivity contribution in [1.82, 2.24) is 0 Å². The number of hydrogen-bond acceptors (Lipinski definition) is 5. The van der Waals surface area contributed by atoms with Gasteiger partial charge in [-0.15, -0.1) is 0 Å². The van der Waals surface area contributed by atoms with Crippen molar-refractivity contribution >= 4 is 29.3 Å². The lowest BCUT2D eigenvalue weighted by Gasteiger charge is -2.11. The monoisotopic (exact) mass is 442 g/mol. The summed E-state index contributed by atoms with van der Waals surface area (Å²) in [5.74, 6) is 1.13. The molecule has 7 heteroatoms. The van der Waals surface area contributed by atoms with Gasteiger partial charge in [0.25, 0.3) is 5.91 Å². The largest absolute Gasteiger partial charge is 0.495 e. The minimum absolute atomic E-state index is 0.0535. The van der Waals surface area contributed by atoms with Gasteiger partial charge in [-0.05, 0) is 48.4 Å². The Labute approximate surface area is 188 Å². The van der Waals surface area contributed by atoms with Gasteiger partial charge in [-0.1, -0.05) is 43.9 Å². The number of methoxy groups -OCH3 is 2. The van der Waals surface area contributed by atoms with Gasteiger partial charge in [0.1, 0.15) is 17.4 Å². The van der Waals surface area contributed by atoms with Gasteiger partial charge in [-0.2, -0.15) is 5.26 Å². The number of carbonyl (C=O) groups is 1. The fourth-order valence-electron chi connectivity index (χ4n) is 2.86. The van der Waals surface area contributed by atoms with Crippen LogP contribution in [-0.2, 0) is 4.79 Å². The molecule has 2 rings (SSSR count). The molecule has 0 unspecified atom stereocenters. The third-order valence-corrected chi connectivity index (χ3v) is 4.82. The Morgan fingerprint density at radius 2 is 1.81 bits per heavy atom. The van der Waals surface area contributed by atoms with Crippen molar-refractivity contribution in [3.05, 3.63) is 52.6 Å². The molecular weight excluding hydrogens is 416 g/mol. The Balaban J connectivity index is 2.11. The van der Waals surface area contributed by atoms with Crippen molar-refractivity contribution in [1.29, 1.82) is 5.26 Å². The fraction of sp³-hybridized carbons (Fsp3) is 0.333. The van der Waals surface area contributed by atoms with Crippen LogP contribution in [0.3, 0.4) is 0 Å². The van der Waals surface area contributed by atoms with Crippen LogP contribution in [-0.4, -0.2) is 26.7 Å². The minimum Gasteiger partial charge on any atom is -0.495 e. The van der Waals surface area contributed by atoms with E-state index in [-0.39, 0.29) is 5.57 Å². The molecule has 2 aromatic carbocycles. The molecule has 0 saturated carbocycles. The van der Waals surface area contributed by atoms with Crippen LogP contribution in [0.15, 0.2) is 42.0 Å². The van der Waals surface area contributed by atoms with E-state index in [1.54, 1.807) is 43.5 Å². The molecule has 0 fully saturated rings. The van der Waals surface area contributed by atoms with Crippen molar-refractivity contribution in [3.8, 4) is 23.3 Å². The molecular formula is C24H27ClN2O4. The summed E-state index contributed by atoms with van der Waals surface area (Å²) in [6.07, 6.45) is 5.96. The number of amides is 1. The number of anilines is 1. The van der Waals surface area contributed by atoms with Gasteiger partial charge in [-0.25, -0.2) is 0 Å². The van der Waals surface area contributed by atoms with Crippen molar-refractivity contribution in [2.75, 3.05) is 26.1 Å². The zero-order valence-electron chi connectivity index (χ0n) is 18.0. The first kappa shape index (κ1) is 24.1. The third-order valence-electron chi connectivity index (χ3n) is 4.53. The summed E-state index contributed by atoms with van der Waals surface area (Å²) in [5.41, 5.74) is 1.05. The van der Waals surface area contributed by atoms with Crippen LogP contribution in [0.4, 0.5) is 5.69 Å². The molecule has 0 aromatic heterocycles. The second kappa shape index (κ2) is 12.5. The Morgan fingerprint density at radius 3 is 2.45 bits per heavy atom. The lowest BCUT2D eigenvalue weighted by atomic mass is 10.1. The zero-order valence-corrected chi connectivity index (χ0v) is 18.8. The number of hydrogen-bond donors (Lipinski definition) is 1. The quantitative estimate of drug-likeness (QED) is 0.267. The highest BCUT2D eigenvalue weighted by Gasteiger charge is 2.12. The number of halogens is 1. The van der Waals surface area contributed by atoms with Crippen LogP contribution >= 0.6 is 11.6 Å². The standard InChI is InChI=1S/C24H27ClN2O4/c1-4-5-6-7-12-31-22-10-8-17(14-23(22)30-3)13-18(16-26)24(28)27-19-9-11-21(29-2)20(25)15-19/h8-11,13-15H,4-7,12H2,1-3H3,(H,27,28). The molecule has 0 radical (unpaired) electrons. The average molecular weight is 443 g/mol. The van der Waals surface area contributed by atoms with Crippen molar-refractivity contribution < 1.29 is 19.0 Å².